The van der Waals surface area contributed by atoms with Crippen molar-refractivity contribution in [2.24, 2.45) is 0 Å². The highest BCUT2D eigenvalue weighted by Crippen LogP contribution is 2.25. The van der Waals surface area contributed by atoms with Crippen molar-refractivity contribution in [3.8, 4) is 0 Å². The van der Waals surface area contributed by atoms with E-state index in [1.165, 1.54) is 6.33 Å². The molecule has 0 amide bonds. The van der Waals surface area contributed by atoms with Crippen molar-refractivity contribution in [1.29, 1.82) is 0 Å². The van der Waals surface area contributed by atoms with Crippen molar-refractivity contribution in [2.75, 3.05) is 11.1 Å². The smallest absolute Gasteiger partial charge is 0.157 e. The molecule has 0 aliphatic carbocycles. The zero-order valence-electron chi connectivity index (χ0n) is 9.54. The van der Waals surface area contributed by atoms with Crippen LogP contribution in [0, 0.1) is 0 Å². The topological polar surface area (TPSA) is 76.7 Å². The molecule has 3 N–H and O–H groups in total. The van der Waals surface area contributed by atoms with E-state index in [-0.39, 0.29) is 0 Å². The second kappa shape index (κ2) is 4.29. The van der Waals surface area contributed by atoms with Gasteiger partial charge in [0.25, 0.3) is 0 Å². The molecule has 1 aromatic carbocycles. The van der Waals surface area contributed by atoms with E-state index in [1.54, 1.807) is 12.4 Å². The Bertz CT molecular complexity index is 690. The monoisotopic (exact) mass is 237 g/mol. The molecule has 3 aromatic rings. The van der Waals surface area contributed by atoms with Crippen LogP contribution in [0.5, 0.6) is 0 Å². The molecule has 5 heteroatoms. The highest BCUT2D eigenvalue weighted by atomic mass is 15.0. The second-order valence-corrected chi connectivity index (χ2v) is 3.83. The summed E-state index contributed by atoms with van der Waals surface area (Å²) in [5.74, 6) is 0.598. The molecule has 0 radical (unpaired) electrons. The van der Waals surface area contributed by atoms with Gasteiger partial charge in [0.15, 0.2) is 5.82 Å². The van der Waals surface area contributed by atoms with Crippen LogP contribution in [0.2, 0.25) is 0 Å². The van der Waals surface area contributed by atoms with E-state index in [4.69, 9.17) is 5.73 Å². The number of fused-ring (bicyclic) bond motifs is 1. The molecule has 18 heavy (non-hydrogen) atoms. The van der Waals surface area contributed by atoms with E-state index in [2.05, 4.69) is 20.3 Å². The number of nitrogen functional groups attached to an aromatic ring is 1. The van der Waals surface area contributed by atoms with Crippen LogP contribution in [-0.2, 0) is 0 Å². The van der Waals surface area contributed by atoms with Crippen molar-refractivity contribution in [3.05, 3.63) is 49.1 Å². The number of nitrogens with one attached hydrogen (secondary N) is 1. The number of rotatable bonds is 2. The van der Waals surface area contributed by atoms with E-state index in [0.29, 0.717) is 11.5 Å². The average molecular weight is 237 g/mol. The van der Waals surface area contributed by atoms with Gasteiger partial charge in [0.2, 0.25) is 0 Å². The van der Waals surface area contributed by atoms with E-state index < -0.39 is 0 Å². The van der Waals surface area contributed by atoms with Gasteiger partial charge >= 0.3 is 0 Å². The molecule has 2 heterocycles. The van der Waals surface area contributed by atoms with Crippen LogP contribution in [0.1, 0.15) is 0 Å². The third-order valence-electron chi connectivity index (χ3n) is 2.64. The van der Waals surface area contributed by atoms with Crippen molar-refractivity contribution in [3.63, 3.8) is 0 Å². The Morgan fingerprint density at radius 1 is 1.06 bits per heavy atom. The summed E-state index contributed by atoms with van der Waals surface area (Å²) in [4.78, 5) is 12.3. The van der Waals surface area contributed by atoms with Crippen LogP contribution in [0.4, 0.5) is 17.2 Å². The first-order valence-electron chi connectivity index (χ1n) is 5.51. The van der Waals surface area contributed by atoms with Gasteiger partial charge in [-0.2, -0.15) is 0 Å². The van der Waals surface area contributed by atoms with Gasteiger partial charge in [0.05, 0.1) is 17.4 Å². The first kappa shape index (κ1) is 10.5. The molecular formula is C13H11N5. The Morgan fingerprint density at radius 2 is 2.00 bits per heavy atom. The fraction of sp³-hybridized carbons (Fsp3) is 0. The summed E-state index contributed by atoms with van der Waals surface area (Å²) in [5, 5.41) is 4.23. The molecule has 5 nitrogen and oxygen atoms in total. The van der Waals surface area contributed by atoms with E-state index >= 15 is 0 Å². The number of aromatic nitrogens is 3. The standard InChI is InChI=1S/C13H11N5/c14-10-7-15-8-17-13(10)18-12-5-1-4-11-9(12)3-2-6-16-11/h1-8H,14H2,(H,15,17,18). The van der Waals surface area contributed by atoms with E-state index in [9.17, 15) is 0 Å². The molecular weight excluding hydrogens is 226 g/mol. The maximum atomic E-state index is 5.81. The molecule has 0 fully saturated rings. The fourth-order valence-electron chi connectivity index (χ4n) is 1.78. The molecule has 88 valence electrons. The number of nitrogens with two attached hydrogens (primary N) is 1. The number of hydrogen-bond donors (Lipinski definition) is 2. The molecule has 3 rings (SSSR count). The van der Waals surface area contributed by atoms with Gasteiger partial charge in [-0.05, 0) is 24.3 Å². The fourth-order valence-corrected chi connectivity index (χ4v) is 1.78. The molecule has 0 aliphatic rings. The summed E-state index contributed by atoms with van der Waals surface area (Å²) in [6.45, 7) is 0. The Labute approximate surface area is 104 Å². The van der Waals surface area contributed by atoms with Crippen molar-refractivity contribution in [2.45, 2.75) is 0 Å². The maximum absolute atomic E-state index is 5.81. The lowest BCUT2D eigenvalue weighted by Gasteiger charge is -2.09. The maximum Gasteiger partial charge on any atom is 0.157 e. The highest BCUT2D eigenvalue weighted by molar-refractivity contribution is 5.93. The van der Waals surface area contributed by atoms with Gasteiger partial charge in [-0.1, -0.05) is 6.07 Å². The number of hydrogen-bond acceptors (Lipinski definition) is 5. The predicted molar refractivity (Wildman–Crippen MR) is 71.5 cm³/mol. The van der Waals surface area contributed by atoms with Crippen molar-refractivity contribution >= 4 is 28.1 Å². The molecule has 0 atom stereocenters. The summed E-state index contributed by atoms with van der Waals surface area (Å²) in [7, 11) is 0. The van der Waals surface area contributed by atoms with Crippen LogP contribution in [0.25, 0.3) is 10.9 Å². The molecule has 0 spiro atoms. The third-order valence-corrected chi connectivity index (χ3v) is 2.64. The third kappa shape index (κ3) is 1.82. The van der Waals surface area contributed by atoms with Gasteiger partial charge in [-0.3, -0.25) is 4.98 Å². The lowest BCUT2D eigenvalue weighted by Crippen LogP contribution is -2.00. The van der Waals surface area contributed by atoms with Gasteiger partial charge in [-0.15, -0.1) is 0 Å². The first-order chi connectivity index (χ1) is 8.84. The predicted octanol–water partition coefficient (Wildman–Crippen LogP) is 2.35. The molecule has 0 aliphatic heterocycles. The molecule has 0 saturated carbocycles. The highest BCUT2D eigenvalue weighted by Gasteiger charge is 2.04. The minimum atomic E-state index is 0.512. The lowest BCUT2D eigenvalue weighted by atomic mass is 10.2. The van der Waals surface area contributed by atoms with E-state index in [1.807, 2.05) is 30.3 Å². The molecule has 0 saturated heterocycles. The summed E-state index contributed by atoms with van der Waals surface area (Å²) >= 11 is 0. The van der Waals surface area contributed by atoms with Crippen molar-refractivity contribution < 1.29 is 0 Å². The summed E-state index contributed by atoms with van der Waals surface area (Å²) in [6.07, 6.45) is 4.80. The lowest BCUT2D eigenvalue weighted by molar-refractivity contribution is 1.17. The summed E-state index contributed by atoms with van der Waals surface area (Å²) in [5.41, 5.74) is 8.17. The minimum absolute atomic E-state index is 0.512. The van der Waals surface area contributed by atoms with Crippen LogP contribution >= 0.6 is 0 Å². The van der Waals surface area contributed by atoms with Gasteiger partial charge < -0.3 is 11.1 Å². The Kier molecular flexibility index (Phi) is 2.49. The SMILES string of the molecule is Nc1cncnc1Nc1cccc2ncccc12. The number of anilines is 3. The minimum Gasteiger partial charge on any atom is -0.394 e. The normalized spacial score (nSPS) is 10.4. The Morgan fingerprint density at radius 3 is 2.89 bits per heavy atom. The first-order valence-corrected chi connectivity index (χ1v) is 5.51. The molecule has 0 unspecified atom stereocenters. The number of benzene rings is 1. The average Bonchev–Trinajstić information content (AvgIpc) is 2.42. The van der Waals surface area contributed by atoms with Crippen molar-refractivity contribution in [1.82, 2.24) is 15.0 Å². The van der Waals surface area contributed by atoms with Crippen LogP contribution in [0.3, 0.4) is 0 Å². The quantitative estimate of drug-likeness (QED) is 0.715. The van der Waals surface area contributed by atoms with E-state index in [0.717, 1.165) is 16.6 Å². The van der Waals surface area contributed by atoms with Crippen LogP contribution in [0.15, 0.2) is 49.1 Å². The second-order valence-electron chi connectivity index (χ2n) is 3.83. The number of pyridine rings is 1. The van der Waals surface area contributed by atoms with Gasteiger partial charge in [-0.25, -0.2) is 9.97 Å². The summed E-state index contributed by atoms with van der Waals surface area (Å²) < 4.78 is 0. The zero-order valence-corrected chi connectivity index (χ0v) is 9.54. The van der Waals surface area contributed by atoms with Crippen LogP contribution < -0.4 is 11.1 Å². The van der Waals surface area contributed by atoms with Gasteiger partial charge in [0, 0.05) is 17.3 Å². The Hall–Kier alpha value is -2.69. The Balaban J connectivity index is 2.08. The van der Waals surface area contributed by atoms with Crippen LogP contribution in [-0.4, -0.2) is 15.0 Å². The number of nitrogens with zero attached hydrogens (tertiary/aromatic N) is 3. The summed E-state index contributed by atoms with van der Waals surface area (Å²) in [6, 6.07) is 9.77. The molecule has 2 aromatic heterocycles. The largest absolute Gasteiger partial charge is 0.394 e. The zero-order chi connectivity index (χ0) is 12.4. The van der Waals surface area contributed by atoms with Gasteiger partial charge in [0.1, 0.15) is 6.33 Å². The molecule has 0 bridgehead atoms.